The number of fused-ring (bicyclic) bond motifs is 10. The van der Waals surface area contributed by atoms with Crippen LogP contribution in [0.2, 0.25) is 0 Å². The Morgan fingerprint density at radius 1 is 0.270 bits per heavy atom. The Balaban J connectivity index is 1.08. The van der Waals surface area contributed by atoms with Gasteiger partial charge in [0.2, 0.25) is 0 Å². The molecule has 0 spiro atoms. The SMILES string of the molecule is c1ccc(-c2cc(-c3ccc4c(c3)c3cc(-n5c6ccccc6c6c5ccc5c7ccccc7n(-c7ccccc7)c56)ccc3n4-c3ccccc3)nc(-c3ccccc3)n2)cc1. The van der Waals surface area contributed by atoms with Gasteiger partial charge < -0.3 is 13.7 Å². The van der Waals surface area contributed by atoms with E-state index in [0.717, 1.165) is 61.6 Å². The number of hydrogen-bond donors (Lipinski definition) is 0. The molecule has 0 bridgehead atoms. The fourth-order valence-electron chi connectivity index (χ4n) is 9.87. The lowest BCUT2D eigenvalue weighted by Crippen LogP contribution is -1.96. The van der Waals surface area contributed by atoms with Crippen LogP contribution in [0.15, 0.2) is 224 Å². The number of para-hydroxylation sites is 4. The van der Waals surface area contributed by atoms with Gasteiger partial charge in [0, 0.05) is 66.1 Å². The summed E-state index contributed by atoms with van der Waals surface area (Å²) in [5.41, 5.74) is 15.2. The first-order valence-corrected chi connectivity index (χ1v) is 21.4. The number of benzene rings is 9. The Labute approximate surface area is 363 Å². The van der Waals surface area contributed by atoms with Crippen LogP contribution >= 0.6 is 0 Å². The van der Waals surface area contributed by atoms with Crippen LogP contribution in [0.5, 0.6) is 0 Å². The topological polar surface area (TPSA) is 40.6 Å². The number of hydrogen-bond acceptors (Lipinski definition) is 2. The van der Waals surface area contributed by atoms with Crippen molar-refractivity contribution in [2.45, 2.75) is 0 Å². The van der Waals surface area contributed by atoms with E-state index in [9.17, 15) is 0 Å². The summed E-state index contributed by atoms with van der Waals surface area (Å²) in [6, 6.07) is 80.2. The summed E-state index contributed by atoms with van der Waals surface area (Å²) in [5.74, 6) is 0.702. The van der Waals surface area contributed by atoms with Crippen molar-refractivity contribution in [3.8, 4) is 51.0 Å². The van der Waals surface area contributed by atoms with E-state index in [-0.39, 0.29) is 0 Å². The second-order valence-electron chi connectivity index (χ2n) is 16.2. The zero-order valence-electron chi connectivity index (χ0n) is 34.1. The predicted molar refractivity (Wildman–Crippen MR) is 261 cm³/mol. The zero-order chi connectivity index (χ0) is 41.4. The maximum atomic E-state index is 5.22. The van der Waals surface area contributed by atoms with E-state index < -0.39 is 0 Å². The van der Waals surface area contributed by atoms with E-state index in [4.69, 9.17) is 9.97 Å². The molecule has 0 aliphatic heterocycles. The van der Waals surface area contributed by atoms with Crippen LogP contribution in [0.25, 0.3) is 116 Å². The lowest BCUT2D eigenvalue weighted by molar-refractivity contribution is 1.16. The van der Waals surface area contributed by atoms with Gasteiger partial charge in [-0.2, -0.15) is 0 Å². The van der Waals surface area contributed by atoms with Crippen molar-refractivity contribution in [1.29, 1.82) is 0 Å². The molecular weight excluding hydrogens is 767 g/mol. The third-order valence-electron chi connectivity index (χ3n) is 12.6. The summed E-state index contributed by atoms with van der Waals surface area (Å²) in [6.07, 6.45) is 0. The second-order valence-corrected chi connectivity index (χ2v) is 16.2. The predicted octanol–water partition coefficient (Wildman–Crippen LogP) is 14.8. The Morgan fingerprint density at radius 2 is 0.762 bits per heavy atom. The molecule has 13 rings (SSSR count). The molecule has 0 unspecified atom stereocenters. The Kier molecular flexibility index (Phi) is 7.84. The molecule has 4 heterocycles. The fraction of sp³-hybridized carbons (Fsp3) is 0. The average Bonchev–Trinajstić information content (AvgIpc) is 4.00. The van der Waals surface area contributed by atoms with Gasteiger partial charge in [0.05, 0.1) is 44.5 Å². The summed E-state index contributed by atoms with van der Waals surface area (Å²) >= 11 is 0. The van der Waals surface area contributed by atoms with E-state index >= 15 is 0 Å². The first kappa shape index (κ1) is 35.2. The van der Waals surface area contributed by atoms with Crippen LogP contribution in [0, 0.1) is 0 Å². The Bertz CT molecular complexity index is 3820. The molecule has 0 amide bonds. The number of aromatic nitrogens is 5. The molecule has 63 heavy (non-hydrogen) atoms. The van der Waals surface area contributed by atoms with Crippen LogP contribution in [0.4, 0.5) is 0 Å². The maximum absolute atomic E-state index is 5.22. The molecule has 0 saturated heterocycles. The monoisotopic (exact) mass is 803 g/mol. The minimum Gasteiger partial charge on any atom is -0.309 e. The molecule has 0 radical (unpaired) electrons. The van der Waals surface area contributed by atoms with E-state index in [1.54, 1.807) is 0 Å². The molecule has 0 fully saturated rings. The van der Waals surface area contributed by atoms with Crippen LogP contribution in [-0.2, 0) is 0 Å². The average molecular weight is 804 g/mol. The zero-order valence-corrected chi connectivity index (χ0v) is 34.1. The van der Waals surface area contributed by atoms with Crippen molar-refractivity contribution >= 4 is 65.4 Å². The molecule has 294 valence electrons. The summed E-state index contributed by atoms with van der Waals surface area (Å²) in [7, 11) is 0. The van der Waals surface area contributed by atoms with Crippen molar-refractivity contribution in [2.75, 3.05) is 0 Å². The minimum atomic E-state index is 0.702. The van der Waals surface area contributed by atoms with E-state index in [1.165, 1.54) is 49.0 Å². The minimum absolute atomic E-state index is 0.702. The summed E-state index contributed by atoms with van der Waals surface area (Å²) < 4.78 is 7.28. The normalized spacial score (nSPS) is 11.8. The number of nitrogens with zero attached hydrogens (tertiary/aromatic N) is 5. The number of rotatable bonds is 6. The standard InChI is InChI=1S/C58H37N5/c1-5-17-38(18-6-1)49-37-50(60-58(59-49)39-19-7-2-8-20-39)40-29-32-53-47(35-40)48-36-43(30-33-54(48)61(53)41-21-9-3-10-22-41)62-52-28-16-14-26-46(52)56-55(62)34-31-45-44-25-13-15-27-51(44)63(57(45)56)42-23-11-4-12-24-42/h1-37H. The summed E-state index contributed by atoms with van der Waals surface area (Å²) in [4.78, 5) is 10.3. The molecular formula is C58H37N5. The maximum Gasteiger partial charge on any atom is 0.160 e. The summed E-state index contributed by atoms with van der Waals surface area (Å²) in [6.45, 7) is 0. The van der Waals surface area contributed by atoms with Crippen molar-refractivity contribution in [2.24, 2.45) is 0 Å². The quantitative estimate of drug-likeness (QED) is 0.168. The molecule has 0 N–H and O–H groups in total. The van der Waals surface area contributed by atoms with Crippen LogP contribution in [0.1, 0.15) is 0 Å². The molecule has 5 nitrogen and oxygen atoms in total. The first-order chi connectivity index (χ1) is 31.3. The van der Waals surface area contributed by atoms with Gasteiger partial charge in [-0.3, -0.25) is 0 Å². The van der Waals surface area contributed by atoms with E-state index in [0.29, 0.717) is 5.82 Å². The molecule has 4 aromatic heterocycles. The highest BCUT2D eigenvalue weighted by Gasteiger charge is 2.22. The fourth-order valence-corrected chi connectivity index (χ4v) is 9.87. The van der Waals surface area contributed by atoms with E-state index in [1.807, 2.05) is 24.3 Å². The molecule has 0 saturated carbocycles. The van der Waals surface area contributed by atoms with Gasteiger partial charge >= 0.3 is 0 Å². The summed E-state index contributed by atoms with van der Waals surface area (Å²) in [5, 5.41) is 7.27. The molecule has 5 heteroatoms. The van der Waals surface area contributed by atoms with Gasteiger partial charge in [0.15, 0.2) is 5.82 Å². The van der Waals surface area contributed by atoms with E-state index in [2.05, 4.69) is 214 Å². The molecule has 0 aliphatic carbocycles. The third-order valence-corrected chi connectivity index (χ3v) is 12.6. The Morgan fingerprint density at radius 3 is 1.46 bits per heavy atom. The van der Waals surface area contributed by atoms with Crippen LogP contribution in [-0.4, -0.2) is 23.7 Å². The van der Waals surface area contributed by atoms with Crippen molar-refractivity contribution in [3.05, 3.63) is 224 Å². The van der Waals surface area contributed by atoms with Crippen molar-refractivity contribution in [1.82, 2.24) is 23.7 Å². The van der Waals surface area contributed by atoms with Gasteiger partial charge in [-0.1, -0.05) is 146 Å². The lowest BCUT2D eigenvalue weighted by Gasteiger charge is -2.11. The van der Waals surface area contributed by atoms with Gasteiger partial charge in [-0.05, 0) is 78.9 Å². The molecule has 13 aromatic rings. The highest BCUT2D eigenvalue weighted by molar-refractivity contribution is 6.26. The molecule has 0 atom stereocenters. The third kappa shape index (κ3) is 5.50. The van der Waals surface area contributed by atoms with Gasteiger partial charge in [-0.25, -0.2) is 9.97 Å². The lowest BCUT2D eigenvalue weighted by atomic mass is 10.0. The largest absolute Gasteiger partial charge is 0.309 e. The smallest absolute Gasteiger partial charge is 0.160 e. The van der Waals surface area contributed by atoms with Gasteiger partial charge in [-0.15, -0.1) is 0 Å². The second kappa shape index (κ2) is 14.0. The van der Waals surface area contributed by atoms with Crippen molar-refractivity contribution < 1.29 is 0 Å². The van der Waals surface area contributed by atoms with Crippen molar-refractivity contribution in [3.63, 3.8) is 0 Å². The van der Waals surface area contributed by atoms with Gasteiger partial charge in [0.25, 0.3) is 0 Å². The first-order valence-electron chi connectivity index (χ1n) is 21.4. The van der Waals surface area contributed by atoms with Crippen LogP contribution < -0.4 is 0 Å². The van der Waals surface area contributed by atoms with Crippen LogP contribution in [0.3, 0.4) is 0 Å². The highest BCUT2D eigenvalue weighted by atomic mass is 15.0. The van der Waals surface area contributed by atoms with Gasteiger partial charge in [0.1, 0.15) is 0 Å². The highest BCUT2D eigenvalue weighted by Crippen LogP contribution is 2.43. The Hall–Kier alpha value is -8.54. The molecule has 0 aliphatic rings. The molecule has 9 aromatic carbocycles.